The maximum atomic E-state index is 5.66. The number of likely N-dealkylation sites (tertiary alicyclic amines) is 1. The molecule has 1 aliphatic heterocycles. The van der Waals surface area contributed by atoms with Crippen LogP contribution in [0.25, 0.3) is 0 Å². The average Bonchev–Trinajstić information content (AvgIpc) is 2.67. The molecule has 0 aliphatic carbocycles. The highest BCUT2D eigenvalue weighted by atomic mass is 16.3. The van der Waals surface area contributed by atoms with Crippen LogP contribution in [0, 0.1) is 5.92 Å². The van der Waals surface area contributed by atoms with E-state index in [1.54, 1.807) is 6.26 Å². The van der Waals surface area contributed by atoms with Gasteiger partial charge in [0.1, 0.15) is 5.76 Å². The normalized spacial score (nSPS) is 22.6. The second-order valence-corrected chi connectivity index (χ2v) is 5.05. The zero-order chi connectivity index (χ0) is 12.1. The fraction of sp³-hybridized carbons (Fsp3) is 0.714. The first-order valence-corrected chi connectivity index (χ1v) is 6.81. The minimum absolute atomic E-state index is 0.508. The van der Waals surface area contributed by atoms with Gasteiger partial charge in [-0.1, -0.05) is 13.3 Å². The molecule has 96 valence electrons. The Labute approximate surface area is 104 Å². The molecule has 0 bridgehead atoms. The molecule has 2 rings (SSSR count). The molecule has 3 heteroatoms. The summed E-state index contributed by atoms with van der Waals surface area (Å²) < 4.78 is 5.38. The molecule has 1 fully saturated rings. The Morgan fingerprint density at radius 3 is 3.06 bits per heavy atom. The number of furan rings is 1. The molecule has 1 aromatic heterocycles. The minimum Gasteiger partial charge on any atom is -0.468 e. The lowest BCUT2D eigenvalue weighted by atomic mass is 9.98. The lowest BCUT2D eigenvalue weighted by Crippen LogP contribution is -2.24. The highest BCUT2D eigenvalue weighted by Crippen LogP contribution is 2.22. The number of nitrogens with zero attached hydrogens (tertiary/aromatic N) is 1. The predicted octanol–water partition coefficient (Wildman–Crippen LogP) is 2.75. The van der Waals surface area contributed by atoms with Crippen molar-refractivity contribution in [2.24, 2.45) is 11.7 Å². The third kappa shape index (κ3) is 3.33. The van der Waals surface area contributed by atoms with Crippen molar-refractivity contribution in [3.05, 3.63) is 23.7 Å². The van der Waals surface area contributed by atoms with E-state index in [1.807, 2.05) is 0 Å². The second kappa shape index (κ2) is 6.22. The molecule has 17 heavy (non-hydrogen) atoms. The molecule has 0 spiro atoms. The Morgan fingerprint density at radius 2 is 2.29 bits per heavy atom. The molecule has 0 amide bonds. The summed E-state index contributed by atoms with van der Waals surface area (Å²) in [6.07, 6.45) is 7.14. The molecular weight excluding hydrogens is 212 g/mol. The molecule has 3 nitrogen and oxygen atoms in total. The van der Waals surface area contributed by atoms with E-state index in [9.17, 15) is 0 Å². The number of hydrogen-bond acceptors (Lipinski definition) is 3. The molecule has 1 unspecified atom stereocenters. The topological polar surface area (TPSA) is 42.4 Å². The Morgan fingerprint density at radius 1 is 1.41 bits per heavy atom. The van der Waals surface area contributed by atoms with E-state index in [-0.39, 0.29) is 0 Å². The van der Waals surface area contributed by atoms with Crippen LogP contribution in [-0.2, 0) is 13.1 Å². The van der Waals surface area contributed by atoms with Crippen molar-refractivity contribution in [2.75, 3.05) is 13.1 Å². The van der Waals surface area contributed by atoms with E-state index in [0.717, 1.165) is 18.2 Å². The maximum Gasteiger partial charge on any atom is 0.121 e. The molecule has 2 N–H and O–H groups in total. The van der Waals surface area contributed by atoms with Crippen molar-refractivity contribution >= 4 is 0 Å². The zero-order valence-corrected chi connectivity index (χ0v) is 10.8. The van der Waals surface area contributed by atoms with Crippen LogP contribution in [0.4, 0.5) is 0 Å². The van der Waals surface area contributed by atoms with Crippen LogP contribution in [0.1, 0.15) is 43.9 Å². The van der Waals surface area contributed by atoms with Gasteiger partial charge in [-0.3, -0.25) is 4.90 Å². The smallest absolute Gasteiger partial charge is 0.121 e. The van der Waals surface area contributed by atoms with Gasteiger partial charge in [0.25, 0.3) is 0 Å². The highest BCUT2D eigenvalue weighted by molar-refractivity contribution is 5.16. The van der Waals surface area contributed by atoms with E-state index in [2.05, 4.69) is 17.9 Å². The highest BCUT2D eigenvalue weighted by Gasteiger charge is 2.17. The number of hydrogen-bond donors (Lipinski definition) is 1. The van der Waals surface area contributed by atoms with Gasteiger partial charge in [-0.2, -0.15) is 0 Å². The molecule has 1 aromatic rings. The Bertz CT molecular complexity index is 335. The summed E-state index contributed by atoms with van der Waals surface area (Å²) in [4.78, 5) is 2.54. The number of nitrogens with two attached hydrogens (primary N) is 1. The van der Waals surface area contributed by atoms with Gasteiger partial charge in [0.05, 0.1) is 12.8 Å². The fourth-order valence-electron chi connectivity index (χ4n) is 2.72. The van der Waals surface area contributed by atoms with Crippen molar-refractivity contribution in [1.29, 1.82) is 0 Å². The summed E-state index contributed by atoms with van der Waals surface area (Å²) >= 11 is 0. The third-order valence-electron chi connectivity index (χ3n) is 3.93. The minimum atomic E-state index is 0.508. The van der Waals surface area contributed by atoms with Crippen molar-refractivity contribution in [3.63, 3.8) is 0 Å². The second-order valence-electron chi connectivity index (χ2n) is 5.05. The lowest BCUT2D eigenvalue weighted by molar-refractivity contribution is 0.269. The molecule has 1 saturated heterocycles. The third-order valence-corrected chi connectivity index (χ3v) is 3.93. The lowest BCUT2D eigenvalue weighted by Gasteiger charge is -2.19. The standard InChI is InChI=1S/C14H24N2O/c1-2-12-4-3-7-16(8-5-12)11-13-6-9-17-14(13)10-15/h6,9,12H,2-5,7-8,10-11,15H2,1H3. The van der Waals surface area contributed by atoms with Crippen molar-refractivity contribution in [1.82, 2.24) is 4.90 Å². The largest absolute Gasteiger partial charge is 0.468 e. The van der Waals surface area contributed by atoms with E-state index < -0.39 is 0 Å². The SMILES string of the molecule is CCC1CCCN(Cc2ccoc2CN)CC1. The van der Waals surface area contributed by atoms with Gasteiger partial charge in [0.15, 0.2) is 0 Å². The summed E-state index contributed by atoms with van der Waals surface area (Å²) in [7, 11) is 0. The van der Waals surface area contributed by atoms with Crippen LogP contribution in [0.5, 0.6) is 0 Å². The van der Waals surface area contributed by atoms with E-state index in [0.29, 0.717) is 6.54 Å². The molecule has 1 aliphatic rings. The molecule has 2 heterocycles. The maximum absolute atomic E-state index is 5.66. The van der Waals surface area contributed by atoms with Crippen LogP contribution in [0.15, 0.2) is 16.7 Å². The first kappa shape index (κ1) is 12.7. The van der Waals surface area contributed by atoms with Crippen molar-refractivity contribution in [3.8, 4) is 0 Å². The zero-order valence-electron chi connectivity index (χ0n) is 10.8. The van der Waals surface area contributed by atoms with Gasteiger partial charge in [0.2, 0.25) is 0 Å². The predicted molar refractivity (Wildman–Crippen MR) is 69.5 cm³/mol. The van der Waals surface area contributed by atoms with Crippen LogP contribution < -0.4 is 5.73 Å². The van der Waals surface area contributed by atoms with Gasteiger partial charge in [0, 0.05) is 12.1 Å². The van der Waals surface area contributed by atoms with E-state index in [4.69, 9.17) is 10.2 Å². The van der Waals surface area contributed by atoms with Crippen LogP contribution in [-0.4, -0.2) is 18.0 Å². The van der Waals surface area contributed by atoms with Crippen LogP contribution >= 0.6 is 0 Å². The van der Waals surface area contributed by atoms with Crippen LogP contribution in [0.2, 0.25) is 0 Å². The Kier molecular flexibility index (Phi) is 4.63. The summed E-state index contributed by atoms with van der Waals surface area (Å²) in [5.41, 5.74) is 6.93. The van der Waals surface area contributed by atoms with Gasteiger partial charge in [-0.25, -0.2) is 0 Å². The summed E-state index contributed by atoms with van der Waals surface area (Å²) in [6.45, 7) is 6.25. The van der Waals surface area contributed by atoms with Gasteiger partial charge < -0.3 is 10.2 Å². The van der Waals surface area contributed by atoms with E-state index in [1.165, 1.54) is 44.3 Å². The molecule has 1 atom stereocenters. The Balaban J connectivity index is 1.90. The van der Waals surface area contributed by atoms with Crippen LogP contribution in [0.3, 0.4) is 0 Å². The van der Waals surface area contributed by atoms with E-state index >= 15 is 0 Å². The number of rotatable bonds is 4. The molecule has 0 radical (unpaired) electrons. The van der Waals surface area contributed by atoms with Gasteiger partial charge in [-0.15, -0.1) is 0 Å². The summed E-state index contributed by atoms with van der Waals surface area (Å²) in [6, 6.07) is 2.06. The molecule has 0 saturated carbocycles. The monoisotopic (exact) mass is 236 g/mol. The van der Waals surface area contributed by atoms with Crippen molar-refractivity contribution in [2.45, 2.75) is 45.7 Å². The first-order chi connectivity index (χ1) is 8.33. The van der Waals surface area contributed by atoms with Crippen molar-refractivity contribution < 1.29 is 4.42 Å². The summed E-state index contributed by atoms with van der Waals surface area (Å²) in [5.74, 6) is 1.87. The average molecular weight is 236 g/mol. The Hall–Kier alpha value is -0.800. The van der Waals surface area contributed by atoms with Gasteiger partial charge in [-0.05, 0) is 44.3 Å². The summed E-state index contributed by atoms with van der Waals surface area (Å²) in [5, 5.41) is 0. The molecular formula is C14H24N2O. The first-order valence-electron chi connectivity index (χ1n) is 6.81. The van der Waals surface area contributed by atoms with Gasteiger partial charge >= 0.3 is 0 Å². The molecule has 0 aromatic carbocycles. The fourth-order valence-corrected chi connectivity index (χ4v) is 2.72. The quantitative estimate of drug-likeness (QED) is 0.874.